The summed E-state index contributed by atoms with van der Waals surface area (Å²) in [6.07, 6.45) is -4.83. The second-order valence-electron chi connectivity index (χ2n) is 4.81. The molecule has 0 amide bonds. The van der Waals surface area contributed by atoms with Gasteiger partial charge in [-0.3, -0.25) is 0 Å². The van der Waals surface area contributed by atoms with Crippen LogP contribution in [0, 0.1) is 17.5 Å². The summed E-state index contributed by atoms with van der Waals surface area (Å²) in [5, 5.41) is 2.40. The summed E-state index contributed by atoms with van der Waals surface area (Å²) in [4.78, 5) is 6.68. The van der Waals surface area contributed by atoms with Crippen LogP contribution in [0.5, 0.6) is 0 Å². The van der Waals surface area contributed by atoms with Gasteiger partial charge in [0.05, 0.1) is 5.52 Å². The first-order valence-electron chi connectivity index (χ1n) is 6.50. The molecule has 0 fully saturated rings. The molecule has 9 heteroatoms. The highest BCUT2D eigenvalue weighted by Gasteiger charge is 2.35. The Morgan fingerprint density at radius 2 is 1.58 bits per heavy atom. The van der Waals surface area contributed by atoms with Crippen LogP contribution in [0.25, 0.3) is 10.9 Å². The van der Waals surface area contributed by atoms with E-state index in [-0.39, 0.29) is 22.4 Å². The lowest BCUT2D eigenvalue weighted by molar-refractivity contribution is -0.144. The van der Waals surface area contributed by atoms with Crippen LogP contribution < -0.4 is 5.32 Å². The molecule has 0 spiro atoms. The summed E-state index contributed by atoms with van der Waals surface area (Å²) in [6, 6.07) is 5.62. The molecule has 24 heavy (non-hydrogen) atoms. The molecular formula is C15H7F6N3. The van der Waals surface area contributed by atoms with E-state index in [1.54, 1.807) is 0 Å². The highest BCUT2D eigenvalue weighted by atomic mass is 19.4. The maximum atomic E-state index is 13.4. The molecule has 1 aromatic heterocycles. The van der Waals surface area contributed by atoms with Crippen LogP contribution in [-0.4, -0.2) is 9.97 Å². The van der Waals surface area contributed by atoms with Gasteiger partial charge in [-0.05, 0) is 30.3 Å². The van der Waals surface area contributed by atoms with Gasteiger partial charge < -0.3 is 5.32 Å². The zero-order valence-electron chi connectivity index (χ0n) is 11.6. The lowest BCUT2D eigenvalue weighted by Gasteiger charge is -2.12. The molecule has 3 aromatic rings. The van der Waals surface area contributed by atoms with Crippen molar-refractivity contribution in [3.05, 3.63) is 59.7 Å². The van der Waals surface area contributed by atoms with Crippen molar-refractivity contribution in [1.82, 2.24) is 9.97 Å². The molecule has 124 valence electrons. The number of hydrogen-bond acceptors (Lipinski definition) is 3. The van der Waals surface area contributed by atoms with E-state index < -0.39 is 29.5 Å². The number of nitrogens with zero attached hydrogens (tertiary/aromatic N) is 2. The number of alkyl halides is 3. The first kappa shape index (κ1) is 16.0. The zero-order valence-corrected chi connectivity index (χ0v) is 11.6. The number of hydrogen-bond donors (Lipinski definition) is 1. The summed E-state index contributed by atoms with van der Waals surface area (Å²) in [7, 11) is 0. The number of nitrogens with one attached hydrogen (secondary N) is 1. The average molecular weight is 343 g/mol. The second-order valence-corrected chi connectivity index (χ2v) is 4.81. The molecule has 1 heterocycles. The van der Waals surface area contributed by atoms with Crippen LogP contribution in [-0.2, 0) is 6.18 Å². The number of rotatable bonds is 2. The van der Waals surface area contributed by atoms with Crippen LogP contribution in [0.4, 0.5) is 37.8 Å². The summed E-state index contributed by atoms with van der Waals surface area (Å²) >= 11 is 0. The quantitative estimate of drug-likeness (QED) is 0.679. The third kappa shape index (κ3) is 3.10. The van der Waals surface area contributed by atoms with Crippen molar-refractivity contribution in [2.75, 3.05) is 5.32 Å². The first-order chi connectivity index (χ1) is 11.2. The molecule has 0 atom stereocenters. The van der Waals surface area contributed by atoms with Crippen molar-refractivity contribution in [1.29, 1.82) is 0 Å². The molecule has 0 radical (unpaired) electrons. The smallest absolute Gasteiger partial charge is 0.340 e. The van der Waals surface area contributed by atoms with E-state index in [9.17, 15) is 26.3 Å². The standard InChI is InChI=1S/C15H7F6N3/c16-7-1-4-12-9(5-7)13(24-14(23-12)15(19,20)21)22-8-2-3-10(17)11(18)6-8/h1-6H,(H,22,23,24). The Hall–Kier alpha value is -2.84. The predicted octanol–water partition coefficient (Wildman–Crippen LogP) is 4.81. The largest absolute Gasteiger partial charge is 0.451 e. The third-order valence-electron chi connectivity index (χ3n) is 3.09. The van der Waals surface area contributed by atoms with Gasteiger partial charge in [0.15, 0.2) is 11.6 Å². The van der Waals surface area contributed by atoms with E-state index in [4.69, 9.17) is 0 Å². The van der Waals surface area contributed by atoms with Gasteiger partial charge in [0.1, 0.15) is 11.6 Å². The number of benzene rings is 2. The van der Waals surface area contributed by atoms with Gasteiger partial charge >= 0.3 is 6.18 Å². The maximum Gasteiger partial charge on any atom is 0.451 e. The van der Waals surface area contributed by atoms with Gasteiger partial charge in [0, 0.05) is 17.1 Å². The highest BCUT2D eigenvalue weighted by Crippen LogP contribution is 2.32. The molecule has 3 rings (SSSR count). The fraction of sp³-hybridized carbons (Fsp3) is 0.0667. The third-order valence-corrected chi connectivity index (χ3v) is 3.09. The van der Waals surface area contributed by atoms with E-state index in [0.717, 1.165) is 36.4 Å². The van der Waals surface area contributed by atoms with E-state index in [1.807, 2.05) is 0 Å². The van der Waals surface area contributed by atoms with E-state index in [0.29, 0.717) is 0 Å². The number of anilines is 2. The molecular weight excluding hydrogens is 336 g/mol. The van der Waals surface area contributed by atoms with Crippen molar-refractivity contribution >= 4 is 22.4 Å². The molecule has 2 aromatic carbocycles. The molecule has 1 N–H and O–H groups in total. The van der Waals surface area contributed by atoms with E-state index in [1.165, 1.54) is 0 Å². The predicted molar refractivity (Wildman–Crippen MR) is 74.1 cm³/mol. The molecule has 0 saturated heterocycles. The van der Waals surface area contributed by atoms with Gasteiger partial charge in [-0.2, -0.15) is 13.2 Å². The Kier molecular flexibility index (Phi) is 3.78. The monoisotopic (exact) mass is 343 g/mol. The van der Waals surface area contributed by atoms with Crippen molar-refractivity contribution < 1.29 is 26.3 Å². The number of aromatic nitrogens is 2. The summed E-state index contributed by atoms with van der Waals surface area (Å²) in [6.45, 7) is 0. The summed E-state index contributed by atoms with van der Waals surface area (Å²) in [5.41, 5.74) is -0.199. The lowest BCUT2D eigenvalue weighted by Crippen LogP contribution is -2.12. The number of halogens is 6. The maximum absolute atomic E-state index is 13.4. The van der Waals surface area contributed by atoms with Crippen LogP contribution in [0.3, 0.4) is 0 Å². The fourth-order valence-electron chi connectivity index (χ4n) is 2.03. The topological polar surface area (TPSA) is 37.8 Å². The Morgan fingerprint density at radius 1 is 0.833 bits per heavy atom. The van der Waals surface area contributed by atoms with Crippen LogP contribution >= 0.6 is 0 Å². The minimum absolute atomic E-state index is 0.0345. The van der Waals surface area contributed by atoms with Crippen LogP contribution in [0.1, 0.15) is 5.82 Å². The average Bonchev–Trinajstić information content (AvgIpc) is 2.50. The molecule has 0 unspecified atom stereocenters. The van der Waals surface area contributed by atoms with Crippen molar-refractivity contribution in [2.24, 2.45) is 0 Å². The Bertz CT molecular complexity index is 923. The summed E-state index contributed by atoms with van der Waals surface area (Å²) in [5.74, 6) is -4.83. The first-order valence-corrected chi connectivity index (χ1v) is 6.50. The minimum Gasteiger partial charge on any atom is -0.340 e. The molecule has 0 aliphatic heterocycles. The zero-order chi connectivity index (χ0) is 17.5. The number of fused-ring (bicyclic) bond motifs is 1. The van der Waals surface area contributed by atoms with Gasteiger partial charge in [-0.15, -0.1) is 0 Å². The lowest BCUT2D eigenvalue weighted by atomic mass is 10.2. The normalized spacial score (nSPS) is 11.8. The fourth-order valence-corrected chi connectivity index (χ4v) is 2.03. The second kappa shape index (κ2) is 5.66. The summed E-state index contributed by atoms with van der Waals surface area (Å²) < 4.78 is 78.3. The molecule has 0 saturated carbocycles. The van der Waals surface area contributed by atoms with E-state index >= 15 is 0 Å². The Labute approximate surface area is 131 Å². The molecule has 0 bridgehead atoms. The Morgan fingerprint density at radius 3 is 2.25 bits per heavy atom. The van der Waals surface area contributed by atoms with Crippen molar-refractivity contribution in [3.63, 3.8) is 0 Å². The van der Waals surface area contributed by atoms with E-state index in [2.05, 4.69) is 15.3 Å². The highest BCUT2D eigenvalue weighted by molar-refractivity contribution is 5.90. The molecule has 3 nitrogen and oxygen atoms in total. The van der Waals surface area contributed by atoms with Gasteiger partial charge in [-0.25, -0.2) is 23.1 Å². The Balaban J connectivity index is 2.16. The van der Waals surface area contributed by atoms with Gasteiger partial charge in [0.2, 0.25) is 5.82 Å². The van der Waals surface area contributed by atoms with Crippen molar-refractivity contribution in [2.45, 2.75) is 6.18 Å². The SMILES string of the molecule is Fc1ccc2nc(C(F)(F)F)nc(Nc3ccc(F)c(F)c3)c2c1. The van der Waals surface area contributed by atoms with Gasteiger partial charge in [0.25, 0.3) is 0 Å². The van der Waals surface area contributed by atoms with Crippen molar-refractivity contribution in [3.8, 4) is 0 Å². The van der Waals surface area contributed by atoms with Gasteiger partial charge in [-0.1, -0.05) is 0 Å². The minimum atomic E-state index is -4.83. The molecule has 0 aliphatic carbocycles. The van der Waals surface area contributed by atoms with Crippen LogP contribution in [0.15, 0.2) is 36.4 Å². The molecule has 0 aliphatic rings. The van der Waals surface area contributed by atoms with Crippen LogP contribution in [0.2, 0.25) is 0 Å².